The summed E-state index contributed by atoms with van der Waals surface area (Å²) in [5, 5.41) is 8.54. The lowest BCUT2D eigenvalue weighted by Crippen LogP contribution is -2.27. The van der Waals surface area contributed by atoms with Gasteiger partial charge in [0.05, 0.1) is 0 Å². The topological polar surface area (TPSA) is 49.8 Å². The summed E-state index contributed by atoms with van der Waals surface area (Å²) in [6, 6.07) is 0. The minimum atomic E-state index is -0.894. The lowest BCUT2D eigenvalue weighted by molar-refractivity contribution is -0.148. The highest BCUT2D eigenvalue weighted by molar-refractivity contribution is 5.72. The van der Waals surface area contributed by atoms with Gasteiger partial charge in [-0.3, -0.25) is 0 Å². The second-order valence-electron chi connectivity index (χ2n) is 2.65. The van der Waals surface area contributed by atoms with Crippen molar-refractivity contribution < 1.29 is 14.6 Å². The average molecular weight is 161 g/mol. The molecule has 66 valence electrons. The first-order valence-electron chi connectivity index (χ1n) is 3.48. The van der Waals surface area contributed by atoms with Gasteiger partial charge in [0.1, 0.15) is 0 Å². The van der Waals surface area contributed by atoms with Crippen LogP contribution in [-0.4, -0.2) is 49.8 Å². The van der Waals surface area contributed by atoms with Crippen LogP contribution in [0.3, 0.4) is 0 Å². The summed E-state index contributed by atoms with van der Waals surface area (Å²) in [7, 11) is 5.21. The number of rotatable bonds is 5. The molecule has 1 N–H and O–H groups in total. The van der Waals surface area contributed by atoms with Crippen molar-refractivity contribution in [3.63, 3.8) is 0 Å². The van der Waals surface area contributed by atoms with Crippen LogP contribution in [0.25, 0.3) is 0 Å². The summed E-state index contributed by atoms with van der Waals surface area (Å²) in [4.78, 5) is 12.3. The number of carboxylic acid groups (broad SMARTS) is 1. The summed E-state index contributed by atoms with van der Waals surface area (Å²) in [5.74, 6) is -0.894. The molecule has 0 aliphatic rings. The molecule has 0 bridgehead atoms. The molecule has 1 atom stereocenters. The van der Waals surface area contributed by atoms with Crippen molar-refractivity contribution in [1.29, 1.82) is 0 Å². The van der Waals surface area contributed by atoms with Crippen LogP contribution in [0.5, 0.6) is 0 Å². The van der Waals surface area contributed by atoms with E-state index in [1.165, 1.54) is 7.11 Å². The van der Waals surface area contributed by atoms with Crippen molar-refractivity contribution in [2.75, 3.05) is 27.7 Å². The Labute approximate surface area is 66.8 Å². The molecule has 0 aromatic carbocycles. The van der Waals surface area contributed by atoms with Gasteiger partial charge in [-0.1, -0.05) is 0 Å². The van der Waals surface area contributed by atoms with Crippen molar-refractivity contribution in [2.45, 2.75) is 12.5 Å². The van der Waals surface area contributed by atoms with Crippen molar-refractivity contribution in [2.24, 2.45) is 0 Å². The summed E-state index contributed by atoms with van der Waals surface area (Å²) < 4.78 is 4.74. The van der Waals surface area contributed by atoms with Crippen molar-refractivity contribution in [3.05, 3.63) is 0 Å². The number of carboxylic acids is 1. The third kappa shape index (κ3) is 4.75. The van der Waals surface area contributed by atoms with Crippen LogP contribution in [0.15, 0.2) is 0 Å². The number of nitrogens with zero attached hydrogens (tertiary/aromatic N) is 1. The maximum Gasteiger partial charge on any atom is 0.332 e. The lowest BCUT2D eigenvalue weighted by atomic mass is 10.2. The summed E-state index contributed by atoms with van der Waals surface area (Å²) in [6.07, 6.45) is -0.142. The van der Waals surface area contributed by atoms with Crippen molar-refractivity contribution in [3.8, 4) is 0 Å². The molecule has 0 aromatic heterocycles. The van der Waals surface area contributed by atoms with Crippen LogP contribution in [0.1, 0.15) is 6.42 Å². The third-order valence-electron chi connectivity index (χ3n) is 1.40. The van der Waals surface area contributed by atoms with E-state index in [4.69, 9.17) is 9.84 Å². The Hall–Kier alpha value is -0.610. The molecule has 0 heterocycles. The Morgan fingerprint density at radius 3 is 2.45 bits per heavy atom. The molecule has 0 saturated carbocycles. The zero-order valence-electron chi connectivity index (χ0n) is 7.20. The molecule has 4 heteroatoms. The minimum absolute atomic E-state index is 0.527. The number of aliphatic carboxylic acids is 1. The predicted molar refractivity (Wildman–Crippen MR) is 41.6 cm³/mol. The number of methoxy groups -OCH3 is 1. The van der Waals surface area contributed by atoms with E-state index in [-0.39, 0.29) is 0 Å². The number of carbonyl (C=O) groups is 1. The highest BCUT2D eigenvalue weighted by Gasteiger charge is 2.15. The first-order valence-corrected chi connectivity index (χ1v) is 3.48. The van der Waals surface area contributed by atoms with E-state index in [1.54, 1.807) is 0 Å². The number of hydrogen-bond donors (Lipinski definition) is 1. The molecule has 0 aromatic rings. The Kier molecular flexibility index (Phi) is 4.81. The minimum Gasteiger partial charge on any atom is -0.479 e. The Morgan fingerprint density at radius 1 is 1.64 bits per heavy atom. The fourth-order valence-electron chi connectivity index (χ4n) is 0.718. The van der Waals surface area contributed by atoms with Crippen molar-refractivity contribution >= 4 is 5.97 Å². The van der Waals surface area contributed by atoms with Gasteiger partial charge < -0.3 is 14.7 Å². The van der Waals surface area contributed by atoms with Gasteiger partial charge in [0.15, 0.2) is 6.10 Å². The zero-order chi connectivity index (χ0) is 8.85. The molecular weight excluding hydrogens is 146 g/mol. The molecule has 11 heavy (non-hydrogen) atoms. The molecular formula is C7H15NO3. The monoisotopic (exact) mass is 161 g/mol. The highest BCUT2D eigenvalue weighted by atomic mass is 16.5. The molecule has 0 amide bonds. The van der Waals surface area contributed by atoms with Crippen LogP contribution in [-0.2, 0) is 9.53 Å². The Balaban J connectivity index is 3.61. The maximum absolute atomic E-state index is 10.4. The summed E-state index contributed by atoms with van der Waals surface area (Å²) in [6.45, 7) is 0.727. The quantitative estimate of drug-likeness (QED) is 0.618. The first-order chi connectivity index (χ1) is 5.07. The standard InChI is InChI=1S/C7H15NO3/c1-8(2)5-4-6(11-3)7(9)10/h6H,4-5H2,1-3H3,(H,9,10). The summed E-state index contributed by atoms with van der Waals surface area (Å²) >= 11 is 0. The van der Waals surface area contributed by atoms with E-state index in [9.17, 15) is 4.79 Å². The SMILES string of the molecule is COC(CCN(C)C)C(=O)O. The average Bonchev–Trinajstić information content (AvgIpc) is 1.87. The Morgan fingerprint density at radius 2 is 2.18 bits per heavy atom. The van der Waals surface area contributed by atoms with E-state index >= 15 is 0 Å². The van der Waals surface area contributed by atoms with Crippen LogP contribution in [0, 0.1) is 0 Å². The molecule has 0 saturated heterocycles. The fourth-order valence-corrected chi connectivity index (χ4v) is 0.718. The lowest BCUT2D eigenvalue weighted by Gasteiger charge is -2.13. The van der Waals surface area contributed by atoms with Gasteiger partial charge in [0.25, 0.3) is 0 Å². The van der Waals surface area contributed by atoms with E-state index < -0.39 is 12.1 Å². The van der Waals surface area contributed by atoms with E-state index in [0.29, 0.717) is 6.42 Å². The number of ether oxygens (including phenoxy) is 1. The smallest absolute Gasteiger partial charge is 0.332 e. The first kappa shape index (κ1) is 10.4. The van der Waals surface area contributed by atoms with Gasteiger partial charge in [-0.2, -0.15) is 0 Å². The second kappa shape index (κ2) is 5.09. The predicted octanol–water partition coefficient (Wildman–Crippen LogP) is 0.0377. The van der Waals surface area contributed by atoms with Crippen LogP contribution < -0.4 is 0 Å². The largest absolute Gasteiger partial charge is 0.479 e. The van der Waals surface area contributed by atoms with Gasteiger partial charge in [-0.05, 0) is 20.5 Å². The molecule has 1 unspecified atom stereocenters. The highest BCUT2D eigenvalue weighted by Crippen LogP contribution is 1.97. The van der Waals surface area contributed by atoms with Crippen LogP contribution >= 0.6 is 0 Å². The van der Waals surface area contributed by atoms with Gasteiger partial charge >= 0.3 is 5.97 Å². The second-order valence-corrected chi connectivity index (χ2v) is 2.65. The van der Waals surface area contributed by atoms with Gasteiger partial charge in [0, 0.05) is 13.7 Å². The van der Waals surface area contributed by atoms with Gasteiger partial charge in [-0.25, -0.2) is 4.79 Å². The molecule has 0 spiro atoms. The normalized spacial score (nSPS) is 13.5. The van der Waals surface area contributed by atoms with Gasteiger partial charge in [0.2, 0.25) is 0 Å². The molecule has 0 rings (SSSR count). The fraction of sp³-hybridized carbons (Fsp3) is 0.857. The van der Waals surface area contributed by atoms with Crippen LogP contribution in [0.2, 0.25) is 0 Å². The van der Waals surface area contributed by atoms with E-state index in [2.05, 4.69) is 0 Å². The third-order valence-corrected chi connectivity index (χ3v) is 1.40. The van der Waals surface area contributed by atoms with Crippen LogP contribution in [0.4, 0.5) is 0 Å². The maximum atomic E-state index is 10.4. The zero-order valence-corrected chi connectivity index (χ0v) is 7.20. The number of hydrogen-bond acceptors (Lipinski definition) is 3. The summed E-state index contributed by atoms with van der Waals surface area (Å²) in [5.41, 5.74) is 0. The molecule has 0 fully saturated rings. The molecule has 0 radical (unpaired) electrons. The molecule has 4 nitrogen and oxygen atoms in total. The Bertz CT molecular complexity index is 125. The van der Waals surface area contributed by atoms with E-state index in [0.717, 1.165) is 6.54 Å². The molecule has 0 aliphatic carbocycles. The van der Waals surface area contributed by atoms with Crippen molar-refractivity contribution in [1.82, 2.24) is 4.90 Å². The molecule has 0 aliphatic heterocycles. The van der Waals surface area contributed by atoms with Gasteiger partial charge in [-0.15, -0.1) is 0 Å². The van der Waals surface area contributed by atoms with E-state index in [1.807, 2.05) is 19.0 Å².